The van der Waals surface area contributed by atoms with Gasteiger partial charge in [0.2, 0.25) is 0 Å². The van der Waals surface area contributed by atoms with Crippen LogP contribution >= 0.6 is 0 Å². The molecule has 0 bridgehead atoms. The monoisotopic (exact) mass is 263 g/mol. The molecule has 19 heavy (non-hydrogen) atoms. The van der Waals surface area contributed by atoms with Gasteiger partial charge in [-0.3, -0.25) is 9.69 Å². The van der Waals surface area contributed by atoms with Crippen molar-refractivity contribution in [2.75, 3.05) is 0 Å². The van der Waals surface area contributed by atoms with Crippen molar-refractivity contribution < 1.29 is 24.2 Å². The molecule has 2 rings (SSSR count). The van der Waals surface area contributed by atoms with Gasteiger partial charge >= 0.3 is 18.0 Å². The molecule has 1 aromatic rings. The van der Waals surface area contributed by atoms with E-state index in [1.165, 1.54) is 0 Å². The molecule has 1 aromatic carbocycles. The maximum Gasteiger partial charge on any atom is 0.408 e. The van der Waals surface area contributed by atoms with Crippen LogP contribution in [-0.4, -0.2) is 34.1 Å². The Kier molecular flexibility index (Phi) is 3.79. The molecule has 1 aliphatic heterocycles. The van der Waals surface area contributed by atoms with Crippen molar-refractivity contribution in [3.63, 3.8) is 0 Å². The van der Waals surface area contributed by atoms with Gasteiger partial charge in [0.15, 0.2) is 0 Å². The summed E-state index contributed by atoms with van der Waals surface area (Å²) in [4.78, 5) is 34.8. The number of carbonyl (C=O) groups is 3. The number of ether oxygens (including phenoxy) is 1. The van der Waals surface area contributed by atoms with E-state index >= 15 is 0 Å². The number of rotatable bonds is 3. The predicted molar refractivity (Wildman–Crippen MR) is 64.1 cm³/mol. The summed E-state index contributed by atoms with van der Waals surface area (Å²) in [7, 11) is 0. The number of nitrogens with zero attached hydrogens (tertiary/aromatic N) is 1. The summed E-state index contributed by atoms with van der Waals surface area (Å²) in [5.41, 5.74) is 0.773. The minimum atomic E-state index is -1.21. The first-order chi connectivity index (χ1) is 9.08. The highest BCUT2D eigenvalue weighted by molar-refractivity contribution is 5.92. The predicted octanol–water partition coefficient (Wildman–Crippen LogP) is 1.40. The second-order valence-electron chi connectivity index (χ2n) is 4.24. The van der Waals surface area contributed by atoms with Gasteiger partial charge in [0.1, 0.15) is 6.04 Å². The lowest BCUT2D eigenvalue weighted by molar-refractivity contribution is -0.168. The maximum atomic E-state index is 11.6. The third-order valence-electron chi connectivity index (χ3n) is 2.93. The molecule has 0 radical (unpaired) electrons. The van der Waals surface area contributed by atoms with Crippen molar-refractivity contribution in [3.8, 4) is 0 Å². The molecule has 1 amide bonds. The zero-order valence-corrected chi connectivity index (χ0v) is 10.1. The van der Waals surface area contributed by atoms with Gasteiger partial charge in [-0.1, -0.05) is 30.3 Å². The van der Waals surface area contributed by atoms with E-state index in [9.17, 15) is 19.5 Å². The van der Waals surface area contributed by atoms with E-state index in [2.05, 4.69) is 4.74 Å². The number of esters is 2. The van der Waals surface area contributed by atoms with E-state index in [1.54, 1.807) is 24.3 Å². The van der Waals surface area contributed by atoms with Gasteiger partial charge in [0.25, 0.3) is 0 Å². The highest BCUT2D eigenvalue weighted by Gasteiger charge is 2.36. The van der Waals surface area contributed by atoms with Crippen LogP contribution in [0.1, 0.15) is 18.4 Å². The van der Waals surface area contributed by atoms with Crippen molar-refractivity contribution in [2.24, 2.45) is 0 Å². The maximum absolute atomic E-state index is 11.6. The van der Waals surface area contributed by atoms with E-state index in [0.29, 0.717) is 0 Å². The Morgan fingerprint density at radius 3 is 2.58 bits per heavy atom. The lowest BCUT2D eigenvalue weighted by Gasteiger charge is -2.29. The smallest absolute Gasteiger partial charge is 0.408 e. The van der Waals surface area contributed by atoms with E-state index < -0.39 is 24.1 Å². The Morgan fingerprint density at radius 2 is 2.00 bits per heavy atom. The van der Waals surface area contributed by atoms with Crippen LogP contribution < -0.4 is 0 Å². The fourth-order valence-electron chi connectivity index (χ4n) is 1.98. The Labute approximate surface area is 109 Å². The van der Waals surface area contributed by atoms with Crippen molar-refractivity contribution in [2.45, 2.75) is 25.4 Å². The molecule has 1 heterocycles. The number of carboxylic acid groups (broad SMARTS) is 1. The number of carbonyl (C=O) groups excluding carboxylic acids is 2. The summed E-state index contributed by atoms with van der Waals surface area (Å²) in [6.45, 7) is 0.0874. The second kappa shape index (κ2) is 5.51. The van der Waals surface area contributed by atoms with Crippen LogP contribution in [0.2, 0.25) is 0 Å². The largest absolute Gasteiger partial charge is 0.465 e. The van der Waals surface area contributed by atoms with Gasteiger partial charge < -0.3 is 9.84 Å². The van der Waals surface area contributed by atoms with Crippen LogP contribution in [0.25, 0.3) is 0 Å². The van der Waals surface area contributed by atoms with Crippen molar-refractivity contribution in [1.82, 2.24) is 4.90 Å². The summed E-state index contributed by atoms with van der Waals surface area (Å²) >= 11 is 0. The molecule has 6 nitrogen and oxygen atoms in total. The molecule has 1 unspecified atom stereocenters. The lowest BCUT2D eigenvalue weighted by atomic mass is 10.1. The summed E-state index contributed by atoms with van der Waals surface area (Å²) in [5, 5.41) is 9.20. The van der Waals surface area contributed by atoms with Gasteiger partial charge in [-0.25, -0.2) is 9.59 Å². The summed E-state index contributed by atoms with van der Waals surface area (Å²) < 4.78 is 4.48. The molecule has 1 atom stereocenters. The SMILES string of the molecule is O=C1CCC(N(Cc2ccccc2)C(=O)O)C(=O)O1. The van der Waals surface area contributed by atoms with Crippen LogP contribution in [0.5, 0.6) is 0 Å². The molecule has 1 aliphatic rings. The van der Waals surface area contributed by atoms with Crippen molar-refractivity contribution in [1.29, 1.82) is 0 Å². The Hall–Kier alpha value is -2.37. The van der Waals surface area contributed by atoms with E-state index in [4.69, 9.17) is 0 Å². The van der Waals surface area contributed by atoms with Gasteiger partial charge in [-0.15, -0.1) is 0 Å². The summed E-state index contributed by atoms with van der Waals surface area (Å²) in [5.74, 6) is -1.40. The van der Waals surface area contributed by atoms with Crippen LogP contribution in [-0.2, 0) is 20.9 Å². The van der Waals surface area contributed by atoms with E-state index in [-0.39, 0.29) is 19.4 Å². The van der Waals surface area contributed by atoms with Crippen LogP contribution in [0.15, 0.2) is 30.3 Å². The average molecular weight is 263 g/mol. The van der Waals surface area contributed by atoms with Crippen molar-refractivity contribution in [3.05, 3.63) is 35.9 Å². The quantitative estimate of drug-likeness (QED) is 0.658. The Morgan fingerprint density at radius 1 is 1.32 bits per heavy atom. The first kappa shape index (κ1) is 13.1. The molecular formula is C13H13NO5. The zero-order valence-electron chi connectivity index (χ0n) is 10.1. The minimum Gasteiger partial charge on any atom is -0.465 e. The van der Waals surface area contributed by atoms with E-state index in [1.807, 2.05) is 6.07 Å². The second-order valence-corrected chi connectivity index (χ2v) is 4.24. The molecule has 6 heteroatoms. The van der Waals surface area contributed by atoms with Gasteiger partial charge in [-0.05, 0) is 12.0 Å². The first-order valence-corrected chi connectivity index (χ1v) is 5.86. The highest BCUT2D eigenvalue weighted by Crippen LogP contribution is 2.18. The third-order valence-corrected chi connectivity index (χ3v) is 2.93. The summed E-state index contributed by atoms with van der Waals surface area (Å²) in [6, 6.07) is 8.03. The standard InChI is InChI=1S/C13H13NO5/c15-11-7-6-10(12(16)19-11)14(13(17)18)8-9-4-2-1-3-5-9/h1-5,10H,6-8H2,(H,17,18). The Bertz CT molecular complexity index is 499. The van der Waals surface area contributed by atoms with Crippen LogP contribution in [0.4, 0.5) is 4.79 Å². The molecular weight excluding hydrogens is 250 g/mol. The lowest BCUT2D eigenvalue weighted by Crippen LogP contribution is -2.47. The first-order valence-electron chi connectivity index (χ1n) is 5.86. The molecule has 0 saturated carbocycles. The zero-order chi connectivity index (χ0) is 13.8. The average Bonchev–Trinajstić information content (AvgIpc) is 2.38. The Balaban J connectivity index is 2.14. The molecule has 1 fully saturated rings. The molecule has 0 spiro atoms. The van der Waals surface area contributed by atoms with Crippen molar-refractivity contribution >= 4 is 18.0 Å². The number of amides is 1. The number of hydrogen-bond acceptors (Lipinski definition) is 4. The molecule has 1 saturated heterocycles. The van der Waals surface area contributed by atoms with Crippen LogP contribution in [0.3, 0.4) is 0 Å². The van der Waals surface area contributed by atoms with Crippen LogP contribution in [0, 0.1) is 0 Å². The molecule has 0 aromatic heterocycles. The number of cyclic esters (lactones) is 2. The van der Waals surface area contributed by atoms with E-state index in [0.717, 1.165) is 10.5 Å². The fourth-order valence-corrected chi connectivity index (χ4v) is 1.98. The van der Waals surface area contributed by atoms with Gasteiger partial charge in [0, 0.05) is 13.0 Å². The fraction of sp³-hybridized carbons (Fsp3) is 0.308. The normalized spacial score (nSPS) is 18.8. The molecule has 100 valence electrons. The number of benzene rings is 1. The number of hydrogen-bond donors (Lipinski definition) is 1. The topological polar surface area (TPSA) is 83.9 Å². The van der Waals surface area contributed by atoms with Gasteiger partial charge in [0.05, 0.1) is 0 Å². The molecule has 0 aliphatic carbocycles. The summed E-state index contributed by atoms with van der Waals surface area (Å²) in [6.07, 6.45) is -0.994. The minimum absolute atomic E-state index is 0.0506. The van der Waals surface area contributed by atoms with Gasteiger partial charge in [-0.2, -0.15) is 0 Å². The highest BCUT2D eigenvalue weighted by atomic mass is 16.6. The third kappa shape index (κ3) is 3.09. The molecule has 1 N–H and O–H groups in total.